The Morgan fingerprint density at radius 2 is 1.60 bits per heavy atom. The molecule has 1 aliphatic carbocycles. The third-order valence-corrected chi connectivity index (χ3v) is 2.95. The van der Waals surface area contributed by atoms with Gasteiger partial charge in [-0.05, 0) is 18.8 Å². The summed E-state index contributed by atoms with van der Waals surface area (Å²) in [6.07, 6.45) is -5.03. The smallest absolute Gasteiger partial charge is 0.380 e. The minimum atomic E-state index is -6.23. The summed E-state index contributed by atoms with van der Waals surface area (Å²) in [4.78, 5) is 0. The van der Waals surface area contributed by atoms with E-state index in [0.717, 1.165) is 0 Å². The molecule has 2 atom stereocenters. The van der Waals surface area contributed by atoms with E-state index in [9.17, 15) is 35.1 Å². The number of ether oxygens (including phenoxy) is 1. The summed E-state index contributed by atoms with van der Waals surface area (Å²) in [7, 11) is 0. The lowest BCUT2D eigenvalue weighted by atomic mass is 10.1. The monoisotopic (exact) mass is 316 g/mol. The Hall–Kier alpha value is -0.640. The van der Waals surface area contributed by atoms with Gasteiger partial charge in [0.1, 0.15) is 6.61 Å². The van der Waals surface area contributed by atoms with Gasteiger partial charge >= 0.3 is 24.2 Å². The molecule has 120 valence electrons. The van der Waals surface area contributed by atoms with Crippen LogP contribution in [0, 0.1) is 5.92 Å². The van der Waals surface area contributed by atoms with Gasteiger partial charge in [-0.1, -0.05) is 0 Å². The summed E-state index contributed by atoms with van der Waals surface area (Å²) in [5.74, 6) is -18.0. The molecule has 0 bridgehead atoms. The topological polar surface area (TPSA) is 29.5 Å². The van der Waals surface area contributed by atoms with E-state index < -0.39 is 43.5 Å². The van der Waals surface area contributed by atoms with Gasteiger partial charge in [-0.25, -0.2) is 8.78 Å². The van der Waals surface area contributed by atoms with E-state index in [2.05, 4.69) is 4.74 Å². The van der Waals surface area contributed by atoms with Crippen LogP contribution in [0.3, 0.4) is 0 Å². The van der Waals surface area contributed by atoms with Crippen LogP contribution in [0.5, 0.6) is 0 Å². The second kappa shape index (κ2) is 5.63. The maximum atomic E-state index is 12.9. The van der Waals surface area contributed by atoms with Crippen molar-refractivity contribution in [2.75, 3.05) is 13.2 Å². The number of halogens is 8. The van der Waals surface area contributed by atoms with Crippen LogP contribution in [0.4, 0.5) is 35.1 Å². The van der Waals surface area contributed by atoms with Crippen molar-refractivity contribution in [3.05, 3.63) is 0 Å². The first-order chi connectivity index (χ1) is 8.93. The summed E-state index contributed by atoms with van der Waals surface area (Å²) >= 11 is 0. The molecule has 0 saturated heterocycles. The number of hydrogen-bond donors (Lipinski definition) is 1. The number of aliphatic hydroxyl groups excluding tert-OH is 1. The molecule has 1 rings (SSSR count). The van der Waals surface area contributed by atoms with Crippen molar-refractivity contribution in [2.24, 2.45) is 5.92 Å². The van der Waals surface area contributed by atoms with Crippen LogP contribution >= 0.6 is 0 Å². The van der Waals surface area contributed by atoms with Gasteiger partial charge in [-0.3, -0.25) is 0 Å². The molecule has 0 amide bonds. The highest BCUT2D eigenvalue weighted by molar-refractivity contribution is 4.97. The average Bonchev–Trinajstić information content (AvgIpc) is 3.00. The normalized spacial score (nSPS) is 24.3. The van der Waals surface area contributed by atoms with Gasteiger partial charge in [-0.2, -0.15) is 26.3 Å². The fourth-order valence-corrected chi connectivity index (χ4v) is 1.45. The van der Waals surface area contributed by atoms with Gasteiger partial charge < -0.3 is 9.84 Å². The fraction of sp³-hybridized carbons (Fsp3) is 1.00. The SMILES string of the molecule is OC1CC1CCOCC(F)(F)C(F)(F)C(F)(F)C(F)F. The molecular formula is C10H12F8O2. The largest absolute Gasteiger partial charge is 0.393 e. The molecular weight excluding hydrogens is 304 g/mol. The lowest BCUT2D eigenvalue weighted by Crippen LogP contribution is -2.59. The summed E-state index contributed by atoms with van der Waals surface area (Å²) in [5, 5.41) is 8.88. The molecule has 0 heterocycles. The highest BCUT2D eigenvalue weighted by Crippen LogP contribution is 2.48. The van der Waals surface area contributed by atoms with Gasteiger partial charge in [0.05, 0.1) is 6.10 Å². The van der Waals surface area contributed by atoms with E-state index in [1.807, 2.05) is 0 Å². The summed E-state index contributed by atoms with van der Waals surface area (Å²) in [5.41, 5.74) is 0. The van der Waals surface area contributed by atoms with Crippen LogP contribution in [0.1, 0.15) is 12.8 Å². The third kappa shape index (κ3) is 3.33. The number of hydrogen-bond acceptors (Lipinski definition) is 2. The lowest BCUT2D eigenvalue weighted by molar-refractivity contribution is -0.346. The van der Waals surface area contributed by atoms with Crippen molar-refractivity contribution in [1.82, 2.24) is 0 Å². The molecule has 1 fully saturated rings. The number of rotatable bonds is 8. The molecule has 1 saturated carbocycles. The van der Waals surface area contributed by atoms with Crippen LogP contribution in [0.2, 0.25) is 0 Å². The molecule has 0 aliphatic heterocycles. The van der Waals surface area contributed by atoms with E-state index in [1.54, 1.807) is 0 Å². The Labute approximate surface area is 108 Å². The van der Waals surface area contributed by atoms with Crippen molar-refractivity contribution < 1.29 is 45.0 Å². The zero-order valence-electron chi connectivity index (χ0n) is 9.94. The fourth-order valence-electron chi connectivity index (χ4n) is 1.45. The van der Waals surface area contributed by atoms with Gasteiger partial charge in [0.25, 0.3) is 0 Å². The first kappa shape index (κ1) is 17.4. The lowest BCUT2D eigenvalue weighted by Gasteiger charge is -2.32. The van der Waals surface area contributed by atoms with Crippen molar-refractivity contribution in [2.45, 2.75) is 43.1 Å². The zero-order chi connectivity index (χ0) is 15.8. The molecule has 0 aromatic heterocycles. The Balaban J connectivity index is 2.52. The first-order valence-electron chi connectivity index (χ1n) is 5.61. The van der Waals surface area contributed by atoms with Crippen LogP contribution in [0.15, 0.2) is 0 Å². The van der Waals surface area contributed by atoms with Gasteiger partial charge in [0, 0.05) is 6.61 Å². The van der Waals surface area contributed by atoms with E-state index in [4.69, 9.17) is 5.11 Å². The Bertz CT molecular complexity index is 333. The van der Waals surface area contributed by atoms with Gasteiger partial charge in [-0.15, -0.1) is 0 Å². The molecule has 2 unspecified atom stereocenters. The maximum Gasteiger partial charge on any atom is 0.380 e. The minimum Gasteiger partial charge on any atom is -0.393 e. The molecule has 10 heteroatoms. The summed E-state index contributed by atoms with van der Waals surface area (Å²) in [6, 6.07) is 0. The van der Waals surface area contributed by atoms with Crippen molar-refractivity contribution >= 4 is 0 Å². The van der Waals surface area contributed by atoms with Crippen LogP contribution in [-0.4, -0.2) is 48.6 Å². The number of aliphatic hydroxyl groups is 1. The second-order valence-corrected chi connectivity index (χ2v) is 4.61. The van der Waals surface area contributed by atoms with Crippen molar-refractivity contribution in [3.8, 4) is 0 Å². The van der Waals surface area contributed by atoms with E-state index >= 15 is 0 Å². The van der Waals surface area contributed by atoms with Gasteiger partial charge in [0.15, 0.2) is 0 Å². The standard InChI is InChI=1S/C10H12F8O2/c11-7(12)9(15,16)10(17,18)8(13,14)4-20-2-1-5-3-6(5)19/h5-7,19H,1-4H2. The third-order valence-electron chi connectivity index (χ3n) is 2.95. The van der Waals surface area contributed by atoms with Gasteiger partial charge in [0.2, 0.25) is 0 Å². The van der Waals surface area contributed by atoms with Crippen molar-refractivity contribution in [1.29, 1.82) is 0 Å². The van der Waals surface area contributed by atoms with E-state index in [1.165, 1.54) is 0 Å². The quantitative estimate of drug-likeness (QED) is 0.551. The molecule has 20 heavy (non-hydrogen) atoms. The number of alkyl halides is 8. The molecule has 1 N–H and O–H groups in total. The van der Waals surface area contributed by atoms with E-state index in [-0.39, 0.29) is 12.3 Å². The Morgan fingerprint density at radius 1 is 1.10 bits per heavy atom. The predicted molar refractivity (Wildman–Crippen MR) is 50.4 cm³/mol. The maximum absolute atomic E-state index is 12.9. The molecule has 0 radical (unpaired) electrons. The first-order valence-corrected chi connectivity index (χ1v) is 5.61. The Morgan fingerprint density at radius 3 is 2.00 bits per heavy atom. The van der Waals surface area contributed by atoms with Crippen LogP contribution < -0.4 is 0 Å². The second-order valence-electron chi connectivity index (χ2n) is 4.61. The minimum absolute atomic E-state index is 0.0913. The van der Waals surface area contributed by atoms with Crippen molar-refractivity contribution in [3.63, 3.8) is 0 Å². The molecule has 2 nitrogen and oxygen atoms in total. The highest BCUT2D eigenvalue weighted by atomic mass is 19.4. The predicted octanol–water partition coefficient (Wildman–Crippen LogP) is 2.94. The van der Waals surface area contributed by atoms with Crippen LogP contribution in [0.25, 0.3) is 0 Å². The van der Waals surface area contributed by atoms with E-state index in [0.29, 0.717) is 6.42 Å². The summed E-state index contributed by atoms with van der Waals surface area (Å²) < 4.78 is 104. The highest BCUT2D eigenvalue weighted by Gasteiger charge is 2.75. The molecule has 0 aromatic carbocycles. The zero-order valence-corrected chi connectivity index (χ0v) is 9.94. The molecule has 0 aromatic rings. The molecule has 1 aliphatic rings. The summed E-state index contributed by atoms with van der Waals surface area (Å²) in [6.45, 7) is -2.57. The van der Waals surface area contributed by atoms with Crippen LogP contribution in [-0.2, 0) is 4.74 Å². The molecule has 0 spiro atoms. The average molecular weight is 316 g/mol. The Kier molecular flexibility index (Phi) is 4.90.